The van der Waals surface area contributed by atoms with Gasteiger partial charge in [-0.05, 0) is 45.0 Å². The van der Waals surface area contributed by atoms with Crippen LogP contribution in [-0.4, -0.2) is 41.5 Å². The van der Waals surface area contributed by atoms with Gasteiger partial charge in [-0.25, -0.2) is 4.98 Å². The van der Waals surface area contributed by atoms with Crippen molar-refractivity contribution >= 4 is 5.91 Å². The molecule has 0 saturated carbocycles. The highest BCUT2D eigenvalue weighted by molar-refractivity contribution is 5.92. The Morgan fingerprint density at radius 1 is 1.50 bits per heavy atom. The zero-order chi connectivity index (χ0) is 13.0. The van der Waals surface area contributed by atoms with Gasteiger partial charge in [0.2, 0.25) is 5.95 Å². The fourth-order valence-corrected chi connectivity index (χ4v) is 2.23. The van der Waals surface area contributed by atoms with E-state index < -0.39 is 5.95 Å². The Kier molecular flexibility index (Phi) is 4.25. The van der Waals surface area contributed by atoms with Gasteiger partial charge in [-0.2, -0.15) is 4.39 Å². The number of halogens is 1. The van der Waals surface area contributed by atoms with Crippen LogP contribution in [0.2, 0.25) is 0 Å². The summed E-state index contributed by atoms with van der Waals surface area (Å²) in [7, 11) is 0. The first-order valence-corrected chi connectivity index (χ1v) is 6.31. The number of pyridine rings is 1. The Morgan fingerprint density at radius 2 is 2.22 bits per heavy atom. The molecule has 0 aromatic carbocycles. The summed E-state index contributed by atoms with van der Waals surface area (Å²) in [6.45, 7) is 4.98. The number of aromatic nitrogens is 1. The summed E-state index contributed by atoms with van der Waals surface area (Å²) in [6.07, 6.45) is 2.46. The summed E-state index contributed by atoms with van der Waals surface area (Å²) >= 11 is 0. The van der Waals surface area contributed by atoms with Gasteiger partial charge >= 0.3 is 0 Å². The van der Waals surface area contributed by atoms with Crippen molar-refractivity contribution < 1.29 is 9.18 Å². The molecule has 1 fully saturated rings. The van der Waals surface area contributed by atoms with Gasteiger partial charge in [0.05, 0.1) is 0 Å². The van der Waals surface area contributed by atoms with Crippen LogP contribution >= 0.6 is 0 Å². The molecular formula is C13H18FN3O. The van der Waals surface area contributed by atoms with Crippen LogP contribution < -0.4 is 5.32 Å². The molecule has 0 bridgehead atoms. The Hall–Kier alpha value is -1.49. The molecule has 5 heteroatoms. The van der Waals surface area contributed by atoms with E-state index in [0.717, 1.165) is 19.6 Å². The van der Waals surface area contributed by atoms with Gasteiger partial charge < -0.3 is 10.2 Å². The lowest BCUT2D eigenvalue weighted by Gasteiger charge is -2.20. The van der Waals surface area contributed by atoms with Crippen LogP contribution in [-0.2, 0) is 0 Å². The van der Waals surface area contributed by atoms with Gasteiger partial charge in [-0.15, -0.1) is 0 Å². The molecular weight excluding hydrogens is 233 g/mol. The van der Waals surface area contributed by atoms with E-state index in [-0.39, 0.29) is 17.6 Å². The molecule has 1 aliphatic heterocycles. The van der Waals surface area contributed by atoms with Crippen LogP contribution in [0.3, 0.4) is 0 Å². The lowest BCUT2D eigenvalue weighted by molar-refractivity contribution is 0.0925. The van der Waals surface area contributed by atoms with Crippen molar-refractivity contribution in [1.82, 2.24) is 15.2 Å². The third-order valence-electron chi connectivity index (χ3n) is 3.06. The topological polar surface area (TPSA) is 45.2 Å². The average Bonchev–Trinajstić information content (AvgIpc) is 2.81. The smallest absolute Gasteiger partial charge is 0.270 e. The number of nitrogens with zero attached hydrogens (tertiary/aromatic N) is 2. The van der Waals surface area contributed by atoms with Gasteiger partial charge in [-0.1, -0.05) is 6.07 Å². The Labute approximate surface area is 106 Å². The lowest BCUT2D eigenvalue weighted by atomic mass is 10.2. The molecule has 2 rings (SSSR count). The van der Waals surface area contributed by atoms with Crippen LogP contribution in [0.15, 0.2) is 18.2 Å². The Bertz CT molecular complexity index is 418. The summed E-state index contributed by atoms with van der Waals surface area (Å²) in [5, 5.41) is 2.84. The molecule has 1 aliphatic rings. The van der Waals surface area contributed by atoms with Gasteiger partial charge in [0.1, 0.15) is 5.69 Å². The maximum atomic E-state index is 12.9. The van der Waals surface area contributed by atoms with Crippen molar-refractivity contribution in [2.45, 2.75) is 25.8 Å². The predicted octanol–water partition coefficient (Wildman–Crippen LogP) is 1.43. The highest BCUT2D eigenvalue weighted by Gasteiger charge is 2.17. The molecule has 0 radical (unpaired) electrons. The largest absolute Gasteiger partial charge is 0.347 e. The maximum absolute atomic E-state index is 12.9. The summed E-state index contributed by atoms with van der Waals surface area (Å²) < 4.78 is 12.9. The molecule has 18 heavy (non-hydrogen) atoms. The van der Waals surface area contributed by atoms with Crippen LogP contribution in [0, 0.1) is 5.95 Å². The molecule has 1 atom stereocenters. The van der Waals surface area contributed by atoms with Crippen LogP contribution in [0.25, 0.3) is 0 Å². The summed E-state index contributed by atoms with van der Waals surface area (Å²) in [6, 6.07) is 4.27. The Morgan fingerprint density at radius 3 is 2.89 bits per heavy atom. The van der Waals surface area contributed by atoms with Gasteiger partial charge in [0.25, 0.3) is 5.91 Å². The molecule has 1 amide bonds. The van der Waals surface area contributed by atoms with Crippen LogP contribution in [0.1, 0.15) is 30.3 Å². The zero-order valence-electron chi connectivity index (χ0n) is 10.5. The Balaban J connectivity index is 1.86. The van der Waals surface area contributed by atoms with E-state index in [9.17, 15) is 9.18 Å². The quantitative estimate of drug-likeness (QED) is 0.823. The SMILES string of the molecule is CC(CN1CCCC1)NC(=O)c1cccc(F)n1. The van der Waals surface area contributed by atoms with E-state index in [2.05, 4.69) is 15.2 Å². The summed E-state index contributed by atoms with van der Waals surface area (Å²) in [5.41, 5.74) is 0.128. The van der Waals surface area contributed by atoms with Gasteiger partial charge in [0.15, 0.2) is 0 Å². The van der Waals surface area contributed by atoms with E-state index in [1.165, 1.54) is 31.0 Å². The first-order chi connectivity index (χ1) is 8.65. The molecule has 1 unspecified atom stereocenters. The number of hydrogen-bond donors (Lipinski definition) is 1. The number of likely N-dealkylation sites (tertiary alicyclic amines) is 1. The normalized spacial score (nSPS) is 17.7. The van der Waals surface area contributed by atoms with E-state index >= 15 is 0 Å². The number of amides is 1. The number of nitrogens with one attached hydrogen (secondary N) is 1. The molecule has 1 aromatic rings. The molecule has 1 saturated heterocycles. The number of carbonyl (C=O) groups excluding carboxylic acids is 1. The van der Waals surface area contributed by atoms with Crippen molar-refractivity contribution in [2.24, 2.45) is 0 Å². The van der Waals surface area contributed by atoms with E-state index in [4.69, 9.17) is 0 Å². The molecule has 4 nitrogen and oxygen atoms in total. The van der Waals surface area contributed by atoms with Crippen molar-refractivity contribution in [2.75, 3.05) is 19.6 Å². The molecule has 2 heterocycles. The molecule has 1 N–H and O–H groups in total. The minimum Gasteiger partial charge on any atom is -0.347 e. The second-order valence-corrected chi connectivity index (χ2v) is 4.73. The van der Waals surface area contributed by atoms with Gasteiger partial charge in [-0.3, -0.25) is 4.79 Å². The number of carbonyl (C=O) groups is 1. The molecule has 0 aliphatic carbocycles. The van der Waals surface area contributed by atoms with E-state index in [0.29, 0.717) is 0 Å². The average molecular weight is 251 g/mol. The third kappa shape index (κ3) is 3.50. The summed E-state index contributed by atoms with van der Waals surface area (Å²) in [5.74, 6) is -0.948. The van der Waals surface area contributed by atoms with Crippen LogP contribution in [0.4, 0.5) is 4.39 Å². The van der Waals surface area contributed by atoms with Crippen molar-refractivity contribution in [1.29, 1.82) is 0 Å². The standard InChI is InChI=1S/C13H18FN3O/c1-10(9-17-7-2-3-8-17)15-13(18)11-5-4-6-12(14)16-11/h4-6,10H,2-3,7-9H2,1H3,(H,15,18). The predicted molar refractivity (Wildman–Crippen MR) is 66.8 cm³/mol. The fraction of sp³-hybridized carbons (Fsp3) is 0.538. The number of rotatable bonds is 4. The fourth-order valence-electron chi connectivity index (χ4n) is 2.23. The highest BCUT2D eigenvalue weighted by atomic mass is 19.1. The van der Waals surface area contributed by atoms with Crippen LogP contribution in [0.5, 0.6) is 0 Å². The monoisotopic (exact) mass is 251 g/mol. The minimum absolute atomic E-state index is 0.0423. The lowest BCUT2D eigenvalue weighted by Crippen LogP contribution is -2.41. The molecule has 98 valence electrons. The van der Waals surface area contributed by atoms with Crippen molar-refractivity contribution in [3.63, 3.8) is 0 Å². The summed E-state index contributed by atoms with van der Waals surface area (Å²) in [4.78, 5) is 17.7. The second kappa shape index (κ2) is 5.91. The number of hydrogen-bond acceptors (Lipinski definition) is 3. The minimum atomic E-state index is -0.630. The maximum Gasteiger partial charge on any atom is 0.270 e. The van der Waals surface area contributed by atoms with E-state index in [1.807, 2.05) is 6.92 Å². The first kappa shape index (κ1) is 13.0. The van der Waals surface area contributed by atoms with Crippen molar-refractivity contribution in [3.05, 3.63) is 29.8 Å². The van der Waals surface area contributed by atoms with Crippen molar-refractivity contribution in [3.8, 4) is 0 Å². The third-order valence-corrected chi connectivity index (χ3v) is 3.06. The highest BCUT2D eigenvalue weighted by Crippen LogP contribution is 2.07. The van der Waals surface area contributed by atoms with E-state index in [1.54, 1.807) is 0 Å². The van der Waals surface area contributed by atoms with Gasteiger partial charge in [0, 0.05) is 12.6 Å². The first-order valence-electron chi connectivity index (χ1n) is 6.31. The molecule has 1 aromatic heterocycles. The second-order valence-electron chi connectivity index (χ2n) is 4.73. The zero-order valence-corrected chi connectivity index (χ0v) is 10.5. The molecule has 0 spiro atoms.